The van der Waals surface area contributed by atoms with Crippen molar-refractivity contribution in [2.24, 2.45) is 0 Å². The predicted molar refractivity (Wildman–Crippen MR) is 167 cm³/mol. The normalized spacial score (nSPS) is 20.7. The van der Waals surface area contributed by atoms with Crippen LogP contribution in [-0.2, 0) is 0 Å². The summed E-state index contributed by atoms with van der Waals surface area (Å²) in [6.07, 6.45) is 8.56. The topological polar surface area (TPSA) is 104 Å². The van der Waals surface area contributed by atoms with Crippen LogP contribution in [0.25, 0.3) is 33.2 Å². The molecule has 212 valence electrons. The Kier molecular flexibility index (Phi) is 6.81. The standard InChI is InChI=1S/C31H36ClN9/c1-19-3-12-25-28(27(19)32)38-31(37-25)36-21-6-4-20(5-7-21)24-17-41(30-26(24)29(33)34-18-35-30)23-10-8-22(9-11-23)40-15-13-39(2)14-16-40/h3-7,12,17-18,22-23H,8-11,13-16H2,1-2H3,(H2,33,34,35)(H2,36,37,38)/t22-,23-. The van der Waals surface area contributed by atoms with Crippen molar-refractivity contribution in [1.82, 2.24) is 34.3 Å². The quantitative estimate of drug-likeness (QED) is 0.239. The Morgan fingerprint density at radius 1 is 0.951 bits per heavy atom. The molecule has 9 nitrogen and oxygen atoms in total. The zero-order chi connectivity index (χ0) is 28.1. The Labute approximate surface area is 244 Å². The van der Waals surface area contributed by atoms with Crippen LogP contribution in [0.15, 0.2) is 48.9 Å². The van der Waals surface area contributed by atoms with Crippen LogP contribution < -0.4 is 11.1 Å². The Hall–Kier alpha value is -3.66. The van der Waals surface area contributed by atoms with Gasteiger partial charge in [0.15, 0.2) is 0 Å². The van der Waals surface area contributed by atoms with Crippen LogP contribution in [0.1, 0.15) is 37.3 Å². The van der Waals surface area contributed by atoms with Gasteiger partial charge in [0, 0.05) is 55.7 Å². The number of nitrogens with two attached hydrogens (primary N) is 1. The molecule has 2 aliphatic rings. The predicted octanol–water partition coefficient (Wildman–Crippen LogP) is 5.99. The number of nitrogen functional groups attached to an aromatic ring is 1. The molecule has 0 amide bonds. The molecule has 0 bridgehead atoms. The lowest BCUT2D eigenvalue weighted by atomic mass is 9.89. The van der Waals surface area contributed by atoms with Gasteiger partial charge in [0.1, 0.15) is 17.8 Å². The van der Waals surface area contributed by atoms with E-state index in [0.29, 0.717) is 28.9 Å². The summed E-state index contributed by atoms with van der Waals surface area (Å²) in [5.41, 5.74) is 13.1. The van der Waals surface area contributed by atoms with Crippen LogP contribution in [0.2, 0.25) is 5.02 Å². The van der Waals surface area contributed by atoms with E-state index in [1.165, 1.54) is 39.0 Å². The molecule has 4 N–H and O–H groups in total. The number of nitrogens with one attached hydrogen (secondary N) is 2. The number of hydrogen-bond donors (Lipinski definition) is 3. The van der Waals surface area contributed by atoms with E-state index in [1.807, 2.05) is 19.1 Å². The molecule has 41 heavy (non-hydrogen) atoms. The second-order valence-corrected chi connectivity index (χ2v) is 12.0. The SMILES string of the molecule is Cc1ccc2nc(Nc3ccc(-c4cn([C@H]5CC[C@H](N6CCN(C)CC6)CC5)c5ncnc(N)c45)cc3)[nH]c2c1Cl. The third-order valence-electron chi connectivity index (χ3n) is 9.00. The van der Waals surface area contributed by atoms with Gasteiger partial charge in [-0.2, -0.15) is 0 Å². The fourth-order valence-electron chi connectivity index (χ4n) is 6.57. The molecule has 0 unspecified atom stereocenters. The highest BCUT2D eigenvalue weighted by Crippen LogP contribution is 2.39. The number of aromatic nitrogens is 5. The summed E-state index contributed by atoms with van der Waals surface area (Å²) in [6.45, 7) is 6.69. The smallest absolute Gasteiger partial charge is 0.205 e. The molecular weight excluding hydrogens is 534 g/mol. The first-order valence-corrected chi connectivity index (χ1v) is 14.9. The Morgan fingerprint density at radius 3 is 2.44 bits per heavy atom. The Morgan fingerprint density at radius 2 is 1.68 bits per heavy atom. The molecule has 0 spiro atoms. The van der Waals surface area contributed by atoms with Gasteiger partial charge in [-0.3, -0.25) is 4.90 Å². The van der Waals surface area contributed by atoms with Crippen molar-refractivity contribution < 1.29 is 0 Å². The number of likely N-dealkylation sites (N-methyl/N-ethyl adjacent to an activating group) is 1. The summed E-state index contributed by atoms with van der Waals surface area (Å²) in [5, 5.41) is 5.00. The van der Waals surface area contributed by atoms with E-state index in [9.17, 15) is 0 Å². The van der Waals surface area contributed by atoms with Crippen LogP contribution in [0, 0.1) is 6.92 Å². The van der Waals surface area contributed by atoms with Crippen LogP contribution in [-0.4, -0.2) is 73.6 Å². The summed E-state index contributed by atoms with van der Waals surface area (Å²) < 4.78 is 2.36. The number of fused-ring (bicyclic) bond motifs is 2. The van der Waals surface area contributed by atoms with Crippen molar-refractivity contribution in [3.63, 3.8) is 0 Å². The molecule has 1 saturated carbocycles. The van der Waals surface area contributed by atoms with Crippen molar-refractivity contribution in [3.8, 4) is 11.1 Å². The van der Waals surface area contributed by atoms with E-state index in [-0.39, 0.29) is 0 Å². The summed E-state index contributed by atoms with van der Waals surface area (Å²) in [6, 6.07) is 13.4. The first-order valence-electron chi connectivity index (χ1n) is 14.5. The average molecular weight is 570 g/mol. The van der Waals surface area contributed by atoms with E-state index in [4.69, 9.17) is 22.3 Å². The monoisotopic (exact) mass is 569 g/mol. The maximum atomic E-state index is 6.47. The first-order chi connectivity index (χ1) is 19.9. The van der Waals surface area contributed by atoms with Crippen molar-refractivity contribution in [2.75, 3.05) is 44.3 Å². The molecule has 2 fully saturated rings. The number of imidazole rings is 1. The Bertz CT molecular complexity index is 1690. The molecule has 2 aromatic carbocycles. The number of anilines is 3. The highest BCUT2D eigenvalue weighted by atomic mass is 35.5. The second kappa shape index (κ2) is 10.6. The number of hydrogen-bond acceptors (Lipinski definition) is 7. The summed E-state index contributed by atoms with van der Waals surface area (Å²) >= 11 is 6.47. The molecule has 1 saturated heterocycles. The number of H-pyrrole nitrogens is 1. The molecule has 1 aliphatic heterocycles. The molecule has 0 radical (unpaired) electrons. The molecule has 4 heterocycles. The van der Waals surface area contributed by atoms with E-state index in [2.05, 4.69) is 72.1 Å². The third-order valence-corrected chi connectivity index (χ3v) is 9.49. The van der Waals surface area contributed by atoms with Crippen LogP contribution in [0.4, 0.5) is 17.5 Å². The summed E-state index contributed by atoms with van der Waals surface area (Å²) in [7, 11) is 2.22. The van der Waals surface area contributed by atoms with E-state index >= 15 is 0 Å². The van der Waals surface area contributed by atoms with Gasteiger partial charge in [0.25, 0.3) is 0 Å². The number of aromatic amines is 1. The fourth-order valence-corrected chi connectivity index (χ4v) is 6.78. The maximum absolute atomic E-state index is 6.47. The lowest BCUT2D eigenvalue weighted by Crippen LogP contribution is -2.49. The molecule has 5 aromatic rings. The van der Waals surface area contributed by atoms with Crippen molar-refractivity contribution in [1.29, 1.82) is 0 Å². The number of nitrogens with zero attached hydrogens (tertiary/aromatic N) is 6. The van der Waals surface area contributed by atoms with Gasteiger partial charge in [-0.15, -0.1) is 0 Å². The number of benzene rings is 2. The van der Waals surface area contributed by atoms with Gasteiger partial charge in [-0.05, 0) is 69.0 Å². The first kappa shape index (κ1) is 26.3. The number of rotatable bonds is 5. The van der Waals surface area contributed by atoms with Crippen molar-refractivity contribution in [2.45, 2.75) is 44.7 Å². The molecule has 10 heteroatoms. The largest absolute Gasteiger partial charge is 0.383 e. The van der Waals surface area contributed by atoms with Gasteiger partial charge >= 0.3 is 0 Å². The van der Waals surface area contributed by atoms with Crippen LogP contribution in [0.5, 0.6) is 0 Å². The van der Waals surface area contributed by atoms with E-state index < -0.39 is 0 Å². The van der Waals surface area contributed by atoms with Gasteiger partial charge in [0.2, 0.25) is 5.95 Å². The van der Waals surface area contributed by atoms with Crippen molar-refractivity contribution >= 4 is 51.1 Å². The zero-order valence-electron chi connectivity index (χ0n) is 23.6. The molecule has 3 aromatic heterocycles. The molecule has 1 aliphatic carbocycles. The van der Waals surface area contributed by atoms with Gasteiger partial charge < -0.3 is 25.5 Å². The van der Waals surface area contributed by atoms with E-state index in [0.717, 1.165) is 57.3 Å². The molecule has 0 atom stereocenters. The highest BCUT2D eigenvalue weighted by molar-refractivity contribution is 6.35. The highest BCUT2D eigenvalue weighted by Gasteiger charge is 2.30. The Balaban J connectivity index is 1.12. The van der Waals surface area contributed by atoms with Crippen LogP contribution >= 0.6 is 11.6 Å². The van der Waals surface area contributed by atoms with Crippen LogP contribution in [0.3, 0.4) is 0 Å². The molecular formula is C31H36ClN9. The summed E-state index contributed by atoms with van der Waals surface area (Å²) in [5.74, 6) is 1.17. The zero-order valence-corrected chi connectivity index (χ0v) is 24.3. The maximum Gasteiger partial charge on any atom is 0.205 e. The minimum absolute atomic E-state index is 0.411. The average Bonchev–Trinajstić information content (AvgIpc) is 3.59. The van der Waals surface area contributed by atoms with Gasteiger partial charge in [-0.1, -0.05) is 29.8 Å². The number of aryl methyl sites for hydroxylation is 1. The van der Waals surface area contributed by atoms with Gasteiger partial charge in [0.05, 0.1) is 21.4 Å². The van der Waals surface area contributed by atoms with E-state index in [1.54, 1.807) is 6.33 Å². The van der Waals surface area contributed by atoms with Gasteiger partial charge in [-0.25, -0.2) is 15.0 Å². The lowest BCUT2D eigenvalue weighted by molar-refractivity contribution is 0.0828. The lowest BCUT2D eigenvalue weighted by Gasteiger charge is -2.41. The van der Waals surface area contributed by atoms with Crippen molar-refractivity contribution in [3.05, 3.63) is 59.5 Å². The minimum atomic E-state index is 0.411. The number of halogens is 1. The second-order valence-electron chi connectivity index (χ2n) is 11.6. The fraction of sp³-hybridized carbons (Fsp3) is 0.387. The number of piperazine rings is 1. The molecule has 7 rings (SSSR count). The third kappa shape index (κ3) is 4.92. The minimum Gasteiger partial charge on any atom is -0.383 e. The summed E-state index contributed by atoms with van der Waals surface area (Å²) in [4.78, 5) is 22.1.